The number of hydrogen-bond donors (Lipinski definition) is 1. The van der Waals surface area contributed by atoms with Crippen molar-refractivity contribution in [3.8, 4) is 0 Å². The minimum atomic E-state index is -0.692. The van der Waals surface area contributed by atoms with Crippen LogP contribution in [0.5, 0.6) is 0 Å². The van der Waals surface area contributed by atoms with E-state index in [1.54, 1.807) is 0 Å². The number of Topliss-reactive ketones (excluding diaryl/α,β-unsaturated/α-hetero) is 1. The van der Waals surface area contributed by atoms with E-state index in [9.17, 15) is 9.59 Å². The normalized spacial score (nSPS) is 27.4. The van der Waals surface area contributed by atoms with E-state index in [0.29, 0.717) is 18.4 Å². The van der Waals surface area contributed by atoms with Gasteiger partial charge < -0.3 is 14.7 Å². The second kappa shape index (κ2) is 4.14. The molecular formula is C12H17NO4. The monoisotopic (exact) mass is 239 g/mol. The molecular weight excluding hydrogens is 222 g/mol. The van der Waals surface area contributed by atoms with Crippen LogP contribution in [0.4, 0.5) is 0 Å². The van der Waals surface area contributed by atoms with Crippen LogP contribution in [0.15, 0.2) is 11.3 Å². The van der Waals surface area contributed by atoms with E-state index in [1.165, 1.54) is 7.11 Å². The van der Waals surface area contributed by atoms with Crippen molar-refractivity contribution in [2.45, 2.75) is 31.7 Å². The third-order valence-electron chi connectivity index (χ3n) is 3.89. The Hall–Kier alpha value is -1.36. The zero-order valence-corrected chi connectivity index (χ0v) is 10.2. The van der Waals surface area contributed by atoms with Crippen LogP contribution in [0, 0.1) is 0 Å². The first-order valence-electron chi connectivity index (χ1n) is 5.76. The van der Waals surface area contributed by atoms with Crippen molar-refractivity contribution in [2.75, 3.05) is 20.3 Å². The topological polar surface area (TPSA) is 66.8 Å². The number of esters is 1. The molecule has 0 aromatic carbocycles. The third-order valence-corrected chi connectivity index (χ3v) is 3.89. The molecule has 0 saturated carbocycles. The number of carbonyl (C=O) groups is 2. The summed E-state index contributed by atoms with van der Waals surface area (Å²) >= 11 is 0. The van der Waals surface area contributed by atoms with E-state index in [0.717, 1.165) is 18.7 Å². The number of aliphatic hydroxyl groups excluding tert-OH is 1. The Balaban J connectivity index is 2.35. The fraction of sp³-hybridized carbons (Fsp3) is 0.667. The molecule has 0 aliphatic carbocycles. The Morgan fingerprint density at radius 1 is 1.53 bits per heavy atom. The van der Waals surface area contributed by atoms with Crippen molar-refractivity contribution in [1.29, 1.82) is 0 Å². The maximum atomic E-state index is 11.9. The molecule has 94 valence electrons. The maximum Gasteiger partial charge on any atom is 0.335 e. The average Bonchev–Trinajstić information content (AvgIpc) is 2.87. The van der Waals surface area contributed by atoms with Gasteiger partial charge in [0.1, 0.15) is 12.1 Å². The number of carbonyl (C=O) groups excluding carboxylic acids is 2. The van der Waals surface area contributed by atoms with Crippen LogP contribution in [-0.4, -0.2) is 47.6 Å². The highest BCUT2D eigenvalue weighted by Gasteiger charge is 2.52. The number of ether oxygens (including phenoxy) is 1. The summed E-state index contributed by atoms with van der Waals surface area (Å²) in [6.07, 6.45) is 1.98. The van der Waals surface area contributed by atoms with Gasteiger partial charge in [-0.05, 0) is 19.8 Å². The van der Waals surface area contributed by atoms with Gasteiger partial charge in [0, 0.05) is 18.7 Å². The van der Waals surface area contributed by atoms with Crippen molar-refractivity contribution in [3.05, 3.63) is 11.3 Å². The van der Waals surface area contributed by atoms with Crippen molar-refractivity contribution < 1.29 is 19.4 Å². The van der Waals surface area contributed by atoms with Crippen LogP contribution in [0.25, 0.3) is 0 Å². The summed E-state index contributed by atoms with van der Waals surface area (Å²) in [5.74, 6) is -0.574. The Kier molecular flexibility index (Phi) is 2.95. The molecule has 0 radical (unpaired) electrons. The minimum Gasteiger partial charge on any atom is -0.466 e. The number of methoxy groups -OCH3 is 1. The van der Waals surface area contributed by atoms with Crippen LogP contribution >= 0.6 is 0 Å². The number of ketones is 1. The molecule has 1 fully saturated rings. The van der Waals surface area contributed by atoms with Crippen LogP contribution in [0.3, 0.4) is 0 Å². The van der Waals surface area contributed by atoms with E-state index in [4.69, 9.17) is 9.84 Å². The molecule has 5 nitrogen and oxygen atoms in total. The standard InChI is InChI=1S/C12H17NO4/c1-8-9(11(16)17-2)6-12(10(15)7-14)4-3-5-13(8)12/h14H,3-7H2,1-2H3/t12-/m1/s1. The minimum absolute atomic E-state index is 0.201. The lowest BCUT2D eigenvalue weighted by Gasteiger charge is -2.32. The van der Waals surface area contributed by atoms with E-state index in [2.05, 4.69) is 0 Å². The Labute approximate surface area is 100 Å². The quantitative estimate of drug-likeness (QED) is 0.714. The molecule has 0 aromatic rings. The van der Waals surface area contributed by atoms with E-state index in [1.807, 2.05) is 11.8 Å². The zero-order valence-electron chi connectivity index (χ0n) is 10.2. The Morgan fingerprint density at radius 3 is 2.82 bits per heavy atom. The summed E-state index contributed by atoms with van der Waals surface area (Å²) in [4.78, 5) is 25.5. The highest BCUT2D eigenvalue weighted by Crippen LogP contribution is 2.45. The second-order valence-corrected chi connectivity index (χ2v) is 4.60. The van der Waals surface area contributed by atoms with Gasteiger partial charge >= 0.3 is 5.97 Å². The van der Waals surface area contributed by atoms with Crippen LogP contribution in [0.1, 0.15) is 26.2 Å². The van der Waals surface area contributed by atoms with Gasteiger partial charge in [-0.25, -0.2) is 4.79 Å². The first-order chi connectivity index (χ1) is 8.06. The predicted octanol–water partition coefficient (Wildman–Crippen LogP) is 0.233. The Morgan fingerprint density at radius 2 is 2.24 bits per heavy atom. The van der Waals surface area contributed by atoms with E-state index >= 15 is 0 Å². The third kappa shape index (κ3) is 1.57. The van der Waals surface area contributed by atoms with Gasteiger partial charge in [-0.3, -0.25) is 4.79 Å². The van der Waals surface area contributed by atoms with Gasteiger partial charge in [-0.1, -0.05) is 0 Å². The molecule has 0 bridgehead atoms. The van der Waals surface area contributed by atoms with Crippen LogP contribution in [0.2, 0.25) is 0 Å². The highest BCUT2D eigenvalue weighted by atomic mass is 16.5. The summed E-state index contributed by atoms with van der Waals surface area (Å²) in [6.45, 7) is 2.13. The van der Waals surface area contributed by atoms with Crippen molar-refractivity contribution in [3.63, 3.8) is 0 Å². The molecule has 1 atom stereocenters. The second-order valence-electron chi connectivity index (χ2n) is 4.60. The van der Waals surface area contributed by atoms with Gasteiger partial charge in [0.05, 0.1) is 12.7 Å². The summed E-state index contributed by atoms with van der Waals surface area (Å²) in [5, 5.41) is 9.09. The van der Waals surface area contributed by atoms with Gasteiger partial charge in [0.15, 0.2) is 5.78 Å². The first-order valence-corrected chi connectivity index (χ1v) is 5.76. The molecule has 1 N–H and O–H groups in total. The molecule has 2 heterocycles. The maximum absolute atomic E-state index is 11.9. The zero-order chi connectivity index (χ0) is 12.6. The molecule has 2 aliphatic rings. The smallest absolute Gasteiger partial charge is 0.335 e. The molecule has 0 aromatic heterocycles. The molecule has 0 unspecified atom stereocenters. The largest absolute Gasteiger partial charge is 0.466 e. The first kappa shape index (κ1) is 12.1. The molecule has 17 heavy (non-hydrogen) atoms. The van der Waals surface area contributed by atoms with Gasteiger partial charge in [-0.15, -0.1) is 0 Å². The van der Waals surface area contributed by atoms with Gasteiger partial charge in [0.2, 0.25) is 0 Å². The number of rotatable bonds is 3. The van der Waals surface area contributed by atoms with Gasteiger partial charge in [0.25, 0.3) is 0 Å². The number of fused-ring (bicyclic) bond motifs is 1. The molecule has 2 aliphatic heterocycles. The molecule has 2 rings (SSSR count). The summed E-state index contributed by atoms with van der Waals surface area (Å²) in [7, 11) is 1.34. The van der Waals surface area contributed by atoms with Crippen molar-refractivity contribution in [2.24, 2.45) is 0 Å². The SMILES string of the molecule is COC(=O)C1=C(C)N2CCC[C@]2(C(=O)CO)C1. The van der Waals surface area contributed by atoms with E-state index < -0.39 is 12.1 Å². The molecule has 0 spiro atoms. The molecule has 1 saturated heterocycles. The lowest BCUT2D eigenvalue weighted by molar-refractivity contribution is -0.136. The highest BCUT2D eigenvalue weighted by molar-refractivity contribution is 5.97. The average molecular weight is 239 g/mol. The molecule has 0 amide bonds. The van der Waals surface area contributed by atoms with E-state index in [-0.39, 0.29) is 11.8 Å². The van der Waals surface area contributed by atoms with Gasteiger partial charge in [-0.2, -0.15) is 0 Å². The lowest BCUT2D eigenvalue weighted by atomic mass is 9.87. The van der Waals surface area contributed by atoms with Crippen LogP contribution < -0.4 is 0 Å². The lowest BCUT2D eigenvalue weighted by Crippen LogP contribution is -2.47. The van der Waals surface area contributed by atoms with Crippen molar-refractivity contribution >= 4 is 11.8 Å². The summed E-state index contributed by atoms with van der Waals surface area (Å²) in [5.41, 5.74) is 0.688. The molecule has 5 heteroatoms. The van der Waals surface area contributed by atoms with Crippen molar-refractivity contribution in [1.82, 2.24) is 4.90 Å². The number of allylic oxidation sites excluding steroid dienone is 1. The number of nitrogens with zero attached hydrogens (tertiary/aromatic N) is 1. The number of hydrogen-bond acceptors (Lipinski definition) is 5. The fourth-order valence-corrected chi connectivity index (χ4v) is 3.01. The Bertz CT molecular complexity index is 401. The number of aliphatic hydroxyl groups is 1. The fourth-order valence-electron chi connectivity index (χ4n) is 3.01. The summed E-state index contributed by atoms with van der Waals surface area (Å²) in [6, 6.07) is 0. The summed E-state index contributed by atoms with van der Waals surface area (Å²) < 4.78 is 4.73. The van der Waals surface area contributed by atoms with Crippen LogP contribution in [-0.2, 0) is 14.3 Å². The predicted molar refractivity (Wildman–Crippen MR) is 60.1 cm³/mol.